The number of hydrogen-bond donors (Lipinski definition) is 0. The summed E-state index contributed by atoms with van der Waals surface area (Å²) in [6.45, 7) is 5.22. The second-order valence-electron chi connectivity index (χ2n) is 6.50. The Morgan fingerprint density at radius 1 is 0.926 bits per heavy atom. The van der Waals surface area contributed by atoms with E-state index in [-0.39, 0.29) is 18.9 Å². The third-order valence-electron chi connectivity index (χ3n) is 4.51. The number of nitrogens with zero attached hydrogens (tertiary/aromatic N) is 2. The molecule has 2 aromatic carbocycles. The van der Waals surface area contributed by atoms with Crippen LogP contribution in [0, 0.1) is 0 Å². The third kappa shape index (κ3) is 6.10. The highest BCUT2D eigenvalue weighted by Crippen LogP contribution is 2.19. The molecule has 0 atom stereocenters. The lowest BCUT2D eigenvalue weighted by atomic mass is 10.1. The number of rotatable bonds is 9. The van der Waals surface area contributed by atoms with Crippen LogP contribution in [0.5, 0.6) is 0 Å². The fourth-order valence-corrected chi connectivity index (χ4v) is 3.85. The van der Waals surface area contributed by atoms with Crippen molar-refractivity contribution in [2.45, 2.75) is 33.2 Å². The van der Waals surface area contributed by atoms with Crippen LogP contribution >= 0.6 is 0 Å². The molecule has 5 nitrogen and oxygen atoms in total. The standard InChI is InChI=1S/C21H28N2O3S/c1-4-18-11-13-20(14-12-18)23(27(3,25)26)16-15-21(24)22(5-2)17-19-9-7-6-8-10-19/h6-14H,4-5,15-17H2,1-3H3. The van der Waals surface area contributed by atoms with E-state index >= 15 is 0 Å². The van der Waals surface area contributed by atoms with Gasteiger partial charge in [-0.1, -0.05) is 49.4 Å². The van der Waals surface area contributed by atoms with Gasteiger partial charge in [0, 0.05) is 26.1 Å². The Morgan fingerprint density at radius 3 is 2.07 bits per heavy atom. The van der Waals surface area contributed by atoms with Crippen LogP contribution in [0.25, 0.3) is 0 Å². The van der Waals surface area contributed by atoms with E-state index < -0.39 is 10.0 Å². The molecule has 0 aliphatic heterocycles. The molecule has 0 N–H and O–H groups in total. The van der Waals surface area contributed by atoms with E-state index in [1.54, 1.807) is 17.0 Å². The summed E-state index contributed by atoms with van der Waals surface area (Å²) in [7, 11) is -3.46. The second kappa shape index (κ2) is 9.55. The number of aryl methyl sites for hydroxylation is 1. The van der Waals surface area contributed by atoms with Gasteiger partial charge in [0.15, 0.2) is 0 Å². The maximum atomic E-state index is 12.6. The van der Waals surface area contributed by atoms with Crippen molar-refractivity contribution in [1.29, 1.82) is 0 Å². The lowest BCUT2D eigenvalue weighted by Gasteiger charge is -2.25. The normalized spacial score (nSPS) is 11.2. The molecule has 0 bridgehead atoms. The van der Waals surface area contributed by atoms with E-state index in [2.05, 4.69) is 0 Å². The summed E-state index contributed by atoms with van der Waals surface area (Å²) < 4.78 is 25.8. The minimum Gasteiger partial charge on any atom is -0.339 e. The quantitative estimate of drug-likeness (QED) is 0.661. The van der Waals surface area contributed by atoms with Crippen molar-refractivity contribution < 1.29 is 13.2 Å². The summed E-state index contributed by atoms with van der Waals surface area (Å²) in [5.74, 6) is -0.0554. The van der Waals surface area contributed by atoms with Gasteiger partial charge in [0.05, 0.1) is 11.9 Å². The highest BCUT2D eigenvalue weighted by atomic mass is 32.2. The maximum absolute atomic E-state index is 12.6. The average molecular weight is 389 g/mol. The van der Waals surface area contributed by atoms with Gasteiger partial charge in [-0.25, -0.2) is 8.42 Å². The smallest absolute Gasteiger partial charge is 0.232 e. The SMILES string of the molecule is CCc1ccc(N(CCC(=O)N(CC)Cc2ccccc2)S(C)(=O)=O)cc1. The van der Waals surface area contributed by atoms with Crippen molar-refractivity contribution in [1.82, 2.24) is 4.90 Å². The molecule has 0 fully saturated rings. The van der Waals surface area contributed by atoms with Gasteiger partial charge in [-0.2, -0.15) is 0 Å². The molecule has 0 aliphatic rings. The summed E-state index contributed by atoms with van der Waals surface area (Å²) in [5, 5.41) is 0. The van der Waals surface area contributed by atoms with Crippen LogP contribution in [0.4, 0.5) is 5.69 Å². The van der Waals surface area contributed by atoms with E-state index in [0.29, 0.717) is 18.8 Å². The molecule has 0 radical (unpaired) electrons. The molecule has 0 heterocycles. The minimum atomic E-state index is -3.46. The Balaban J connectivity index is 2.07. The van der Waals surface area contributed by atoms with Crippen LogP contribution in [0.2, 0.25) is 0 Å². The molecule has 27 heavy (non-hydrogen) atoms. The summed E-state index contributed by atoms with van der Waals surface area (Å²) in [6, 6.07) is 17.2. The first-order valence-corrected chi connectivity index (χ1v) is 11.1. The van der Waals surface area contributed by atoms with Crippen molar-refractivity contribution in [2.75, 3.05) is 23.7 Å². The van der Waals surface area contributed by atoms with E-state index in [9.17, 15) is 13.2 Å². The maximum Gasteiger partial charge on any atom is 0.232 e. The molecule has 0 aromatic heterocycles. The first kappa shape index (κ1) is 21.0. The Labute approximate surface area is 162 Å². The lowest BCUT2D eigenvalue weighted by molar-refractivity contribution is -0.131. The third-order valence-corrected chi connectivity index (χ3v) is 5.71. The van der Waals surface area contributed by atoms with Gasteiger partial charge >= 0.3 is 0 Å². The predicted octanol–water partition coefficient (Wildman–Crippen LogP) is 3.45. The summed E-state index contributed by atoms with van der Waals surface area (Å²) in [6.07, 6.45) is 2.21. The monoisotopic (exact) mass is 388 g/mol. The van der Waals surface area contributed by atoms with Gasteiger partial charge in [-0.05, 0) is 36.6 Å². The molecule has 146 valence electrons. The van der Waals surface area contributed by atoms with E-state index in [1.165, 1.54) is 10.6 Å². The minimum absolute atomic E-state index is 0.0554. The molecular formula is C21H28N2O3S. The van der Waals surface area contributed by atoms with Crippen LogP contribution in [-0.4, -0.2) is 38.6 Å². The number of carbonyl (C=O) groups is 1. The molecule has 0 saturated heterocycles. The van der Waals surface area contributed by atoms with Gasteiger partial charge in [0.2, 0.25) is 15.9 Å². The van der Waals surface area contributed by atoms with Crippen LogP contribution in [0.15, 0.2) is 54.6 Å². The second-order valence-corrected chi connectivity index (χ2v) is 8.41. The number of benzene rings is 2. The number of amides is 1. The number of carbonyl (C=O) groups excluding carboxylic acids is 1. The molecule has 0 saturated carbocycles. The van der Waals surface area contributed by atoms with Gasteiger partial charge in [0.25, 0.3) is 0 Å². The highest BCUT2D eigenvalue weighted by Gasteiger charge is 2.20. The Morgan fingerprint density at radius 2 is 1.56 bits per heavy atom. The summed E-state index contributed by atoms with van der Waals surface area (Å²) in [4.78, 5) is 14.4. The topological polar surface area (TPSA) is 57.7 Å². The van der Waals surface area contributed by atoms with Crippen molar-refractivity contribution in [2.24, 2.45) is 0 Å². The largest absolute Gasteiger partial charge is 0.339 e. The zero-order chi connectivity index (χ0) is 19.9. The molecule has 6 heteroatoms. The number of anilines is 1. The summed E-state index contributed by atoms with van der Waals surface area (Å²) in [5.41, 5.74) is 2.79. The molecule has 0 unspecified atom stereocenters. The average Bonchev–Trinajstić information content (AvgIpc) is 2.66. The lowest BCUT2D eigenvalue weighted by Crippen LogP contribution is -2.36. The van der Waals surface area contributed by atoms with Gasteiger partial charge in [-0.3, -0.25) is 9.10 Å². The Kier molecular flexibility index (Phi) is 7.42. The summed E-state index contributed by atoms with van der Waals surface area (Å²) >= 11 is 0. The molecule has 2 rings (SSSR count). The first-order chi connectivity index (χ1) is 12.8. The molecular weight excluding hydrogens is 360 g/mol. The molecule has 0 aliphatic carbocycles. The van der Waals surface area contributed by atoms with Crippen molar-refractivity contribution >= 4 is 21.6 Å². The van der Waals surface area contributed by atoms with Crippen molar-refractivity contribution in [3.05, 3.63) is 65.7 Å². The number of hydrogen-bond acceptors (Lipinski definition) is 3. The van der Waals surface area contributed by atoms with Crippen LogP contribution in [0.3, 0.4) is 0 Å². The van der Waals surface area contributed by atoms with Crippen molar-refractivity contribution in [3.8, 4) is 0 Å². The molecule has 2 aromatic rings. The zero-order valence-corrected chi connectivity index (χ0v) is 17.1. The first-order valence-electron chi connectivity index (χ1n) is 9.23. The highest BCUT2D eigenvalue weighted by molar-refractivity contribution is 7.92. The Hall–Kier alpha value is -2.34. The molecule has 0 spiro atoms. The zero-order valence-electron chi connectivity index (χ0n) is 16.3. The van der Waals surface area contributed by atoms with Crippen molar-refractivity contribution in [3.63, 3.8) is 0 Å². The van der Waals surface area contributed by atoms with E-state index in [1.807, 2.05) is 56.3 Å². The van der Waals surface area contributed by atoms with E-state index in [4.69, 9.17) is 0 Å². The van der Waals surface area contributed by atoms with Gasteiger partial charge < -0.3 is 4.90 Å². The number of sulfonamides is 1. The van der Waals surface area contributed by atoms with Gasteiger partial charge in [0.1, 0.15) is 0 Å². The molecule has 1 amide bonds. The van der Waals surface area contributed by atoms with Gasteiger partial charge in [-0.15, -0.1) is 0 Å². The van der Waals surface area contributed by atoms with Crippen LogP contribution in [-0.2, 0) is 27.8 Å². The Bertz CT molecular complexity index is 833. The van der Waals surface area contributed by atoms with Crippen LogP contribution < -0.4 is 4.31 Å². The van der Waals surface area contributed by atoms with E-state index in [0.717, 1.165) is 17.5 Å². The fraction of sp³-hybridized carbons (Fsp3) is 0.381. The van der Waals surface area contributed by atoms with Crippen LogP contribution in [0.1, 0.15) is 31.4 Å². The fourth-order valence-electron chi connectivity index (χ4n) is 2.92. The predicted molar refractivity (Wildman–Crippen MR) is 110 cm³/mol.